The Morgan fingerprint density at radius 1 is 1.00 bits per heavy atom. The maximum atomic E-state index is 9.66. The summed E-state index contributed by atoms with van der Waals surface area (Å²) in [6.45, 7) is 0. The molecule has 0 amide bonds. The molecule has 0 aliphatic heterocycles. The van der Waals surface area contributed by atoms with Crippen LogP contribution < -0.4 is 5.32 Å². The summed E-state index contributed by atoms with van der Waals surface area (Å²) in [4.78, 5) is 11.8. The van der Waals surface area contributed by atoms with E-state index in [2.05, 4.69) is 20.3 Å². The van der Waals surface area contributed by atoms with Gasteiger partial charge in [-0.3, -0.25) is 0 Å². The van der Waals surface area contributed by atoms with Crippen molar-refractivity contribution in [3.05, 3.63) is 65.9 Å². The van der Waals surface area contributed by atoms with Gasteiger partial charge in [-0.05, 0) is 36.4 Å². The first-order chi connectivity index (χ1) is 11.7. The van der Waals surface area contributed by atoms with E-state index >= 15 is 0 Å². The number of hydrogen-bond acceptors (Lipinski definition) is 4. The van der Waals surface area contributed by atoms with Crippen LogP contribution in [0.15, 0.2) is 60.9 Å². The van der Waals surface area contributed by atoms with Gasteiger partial charge in [-0.2, -0.15) is 0 Å². The molecule has 0 saturated heterocycles. The van der Waals surface area contributed by atoms with Crippen molar-refractivity contribution < 1.29 is 5.11 Å². The van der Waals surface area contributed by atoms with Crippen molar-refractivity contribution in [2.24, 2.45) is 0 Å². The molecule has 0 bridgehead atoms. The van der Waals surface area contributed by atoms with Crippen LogP contribution >= 0.6 is 24.0 Å². The van der Waals surface area contributed by atoms with Crippen molar-refractivity contribution in [3.63, 3.8) is 0 Å². The fourth-order valence-electron chi connectivity index (χ4n) is 2.57. The highest BCUT2D eigenvalue weighted by atomic mass is 35.5. The van der Waals surface area contributed by atoms with Crippen molar-refractivity contribution >= 4 is 46.5 Å². The molecule has 0 saturated carbocycles. The number of rotatable bonds is 3. The molecule has 7 heteroatoms. The molecule has 0 aliphatic rings. The van der Waals surface area contributed by atoms with Gasteiger partial charge in [0.2, 0.25) is 0 Å². The minimum atomic E-state index is 0. The van der Waals surface area contributed by atoms with E-state index < -0.39 is 0 Å². The summed E-state index contributed by atoms with van der Waals surface area (Å²) in [5.41, 5.74) is 3.30. The standard InChI is InChI=1S/C18H13ClN4O.ClH/c19-12-4-2-5-13(8-12)22-17-15-9-16(23-18(15)21-10-20-17)11-3-1-6-14(24)7-11;/h1-10,24H,(H2,20,21,22,23);1H. The Labute approximate surface area is 155 Å². The lowest BCUT2D eigenvalue weighted by molar-refractivity contribution is 0.475. The second kappa shape index (κ2) is 7.01. The van der Waals surface area contributed by atoms with Crippen molar-refractivity contribution in [1.82, 2.24) is 15.0 Å². The van der Waals surface area contributed by atoms with Crippen molar-refractivity contribution in [2.75, 3.05) is 5.32 Å². The third-order valence-corrected chi connectivity index (χ3v) is 3.91. The van der Waals surface area contributed by atoms with E-state index in [0.29, 0.717) is 16.5 Å². The van der Waals surface area contributed by atoms with Crippen LogP contribution in [0, 0.1) is 0 Å². The number of anilines is 2. The average Bonchev–Trinajstić information content (AvgIpc) is 3.00. The molecule has 0 radical (unpaired) electrons. The molecule has 25 heavy (non-hydrogen) atoms. The van der Waals surface area contributed by atoms with Crippen LogP contribution in [0.3, 0.4) is 0 Å². The Balaban J connectivity index is 0.00000182. The highest BCUT2D eigenvalue weighted by Crippen LogP contribution is 2.30. The van der Waals surface area contributed by atoms with Gasteiger partial charge in [0.25, 0.3) is 0 Å². The quantitative estimate of drug-likeness (QED) is 0.464. The van der Waals surface area contributed by atoms with Gasteiger partial charge in [-0.1, -0.05) is 29.8 Å². The Morgan fingerprint density at radius 2 is 1.84 bits per heavy atom. The summed E-state index contributed by atoms with van der Waals surface area (Å²) in [5.74, 6) is 0.902. The van der Waals surface area contributed by atoms with Gasteiger partial charge >= 0.3 is 0 Å². The van der Waals surface area contributed by atoms with Crippen molar-refractivity contribution in [3.8, 4) is 17.0 Å². The van der Waals surface area contributed by atoms with E-state index in [1.807, 2.05) is 36.4 Å². The second-order valence-corrected chi connectivity index (χ2v) is 5.79. The van der Waals surface area contributed by atoms with E-state index in [0.717, 1.165) is 22.3 Å². The normalized spacial score (nSPS) is 10.4. The lowest BCUT2D eigenvalue weighted by Gasteiger charge is -2.06. The first kappa shape index (κ1) is 17.1. The molecule has 126 valence electrons. The van der Waals surface area contributed by atoms with Gasteiger partial charge in [-0.25, -0.2) is 9.97 Å². The summed E-state index contributed by atoms with van der Waals surface area (Å²) in [6.07, 6.45) is 1.50. The van der Waals surface area contributed by atoms with E-state index in [9.17, 15) is 5.11 Å². The molecule has 2 aromatic carbocycles. The average molecular weight is 373 g/mol. The van der Waals surface area contributed by atoms with E-state index in [-0.39, 0.29) is 18.2 Å². The van der Waals surface area contributed by atoms with Gasteiger partial charge in [0.1, 0.15) is 23.5 Å². The number of aromatic nitrogens is 3. The summed E-state index contributed by atoms with van der Waals surface area (Å²) in [7, 11) is 0. The van der Waals surface area contributed by atoms with Gasteiger partial charge < -0.3 is 15.4 Å². The molecule has 0 spiro atoms. The van der Waals surface area contributed by atoms with Gasteiger partial charge in [0.15, 0.2) is 0 Å². The molecule has 4 rings (SSSR count). The van der Waals surface area contributed by atoms with Crippen LogP contribution in [0.2, 0.25) is 5.02 Å². The number of nitrogens with zero attached hydrogens (tertiary/aromatic N) is 2. The molecule has 0 unspecified atom stereocenters. The number of H-pyrrole nitrogens is 1. The minimum Gasteiger partial charge on any atom is -0.508 e. The fourth-order valence-corrected chi connectivity index (χ4v) is 2.76. The summed E-state index contributed by atoms with van der Waals surface area (Å²) in [6, 6.07) is 16.4. The number of aromatic hydroxyl groups is 1. The zero-order valence-electron chi connectivity index (χ0n) is 12.9. The molecular weight excluding hydrogens is 359 g/mol. The Hall–Kier alpha value is -2.76. The van der Waals surface area contributed by atoms with Crippen LogP contribution in [-0.2, 0) is 0 Å². The van der Waals surface area contributed by atoms with Gasteiger partial charge in [0.05, 0.1) is 5.39 Å². The molecule has 4 aromatic rings. The second-order valence-electron chi connectivity index (χ2n) is 5.35. The van der Waals surface area contributed by atoms with E-state index in [1.165, 1.54) is 6.33 Å². The zero-order valence-corrected chi connectivity index (χ0v) is 14.5. The largest absolute Gasteiger partial charge is 0.508 e. The van der Waals surface area contributed by atoms with E-state index in [4.69, 9.17) is 11.6 Å². The van der Waals surface area contributed by atoms with Crippen LogP contribution in [0.4, 0.5) is 11.5 Å². The Morgan fingerprint density at radius 3 is 2.64 bits per heavy atom. The lowest BCUT2D eigenvalue weighted by atomic mass is 10.1. The fraction of sp³-hybridized carbons (Fsp3) is 0. The number of nitrogens with one attached hydrogen (secondary N) is 2. The minimum absolute atomic E-state index is 0. The predicted molar refractivity (Wildman–Crippen MR) is 103 cm³/mol. The number of phenols is 1. The Kier molecular flexibility index (Phi) is 4.79. The third-order valence-electron chi connectivity index (χ3n) is 3.67. The molecule has 2 heterocycles. The van der Waals surface area contributed by atoms with Gasteiger partial charge in [0, 0.05) is 22.0 Å². The number of halogens is 2. The summed E-state index contributed by atoms with van der Waals surface area (Å²) in [5, 5.41) is 14.4. The maximum Gasteiger partial charge on any atom is 0.143 e. The predicted octanol–water partition coefficient (Wildman–Crippen LogP) is 5.15. The summed E-state index contributed by atoms with van der Waals surface area (Å²) < 4.78 is 0. The van der Waals surface area contributed by atoms with Crippen molar-refractivity contribution in [2.45, 2.75) is 0 Å². The van der Waals surface area contributed by atoms with Crippen molar-refractivity contribution in [1.29, 1.82) is 0 Å². The van der Waals surface area contributed by atoms with Gasteiger partial charge in [-0.15, -0.1) is 12.4 Å². The number of aromatic amines is 1. The maximum absolute atomic E-state index is 9.66. The van der Waals surface area contributed by atoms with Crippen LogP contribution in [0.5, 0.6) is 5.75 Å². The highest BCUT2D eigenvalue weighted by molar-refractivity contribution is 6.30. The zero-order chi connectivity index (χ0) is 16.5. The SMILES string of the molecule is Cl.Oc1cccc(-c2cc3c(Nc4cccc(Cl)c4)ncnc3[nH]2)c1. The molecular formula is C18H14Cl2N4O. The molecule has 0 aliphatic carbocycles. The first-order valence-corrected chi connectivity index (χ1v) is 7.72. The number of hydrogen-bond donors (Lipinski definition) is 3. The Bertz CT molecular complexity index is 1030. The van der Waals surface area contributed by atoms with E-state index in [1.54, 1.807) is 18.2 Å². The highest BCUT2D eigenvalue weighted by Gasteiger charge is 2.10. The number of benzene rings is 2. The smallest absolute Gasteiger partial charge is 0.143 e. The molecule has 5 nitrogen and oxygen atoms in total. The molecule has 0 atom stereocenters. The topological polar surface area (TPSA) is 73.8 Å². The molecule has 2 aromatic heterocycles. The van der Waals surface area contributed by atoms with Crippen LogP contribution in [0.25, 0.3) is 22.3 Å². The van der Waals surface area contributed by atoms with Crippen LogP contribution in [-0.4, -0.2) is 20.1 Å². The lowest BCUT2D eigenvalue weighted by Crippen LogP contribution is -1.94. The number of fused-ring (bicyclic) bond motifs is 1. The first-order valence-electron chi connectivity index (χ1n) is 7.35. The molecule has 0 fully saturated rings. The molecule has 3 N–H and O–H groups in total. The van der Waals surface area contributed by atoms with Crippen LogP contribution in [0.1, 0.15) is 0 Å². The third kappa shape index (κ3) is 3.52. The monoisotopic (exact) mass is 372 g/mol. The summed E-state index contributed by atoms with van der Waals surface area (Å²) >= 11 is 6.03. The number of phenolic OH excluding ortho intramolecular Hbond substituents is 1.